The molecule has 0 aliphatic rings. The number of benzene rings is 1. The van der Waals surface area contributed by atoms with E-state index in [4.69, 9.17) is 11.6 Å². The lowest BCUT2D eigenvalue weighted by atomic mass is 10.2. The lowest BCUT2D eigenvalue weighted by molar-refractivity contribution is 0.0800. The number of rotatable bonds is 1. The van der Waals surface area contributed by atoms with E-state index in [1.54, 1.807) is 24.3 Å². The zero-order valence-electron chi connectivity index (χ0n) is 5.38. The van der Waals surface area contributed by atoms with Crippen molar-refractivity contribution in [3.63, 3.8) is 0 Å². The van der Waals surface area contributed by atoms with Crippen LogP contribution in [-0.2, 0) is 3.07 Å². The molecule has 1 aromatic carbocycles. The zero-order valence-corrected chi connectivity index (χ0v) is 8.30. The lowest BCUT2D eigenvalue weighted by Gasteiger charge is -1.97. The van der Waals surface area contributed by atoms with E-state index >= 15 is 0 Å². The van der Waals surface area contributed by atoms with Gasteiger partial charge in [-0.15, -0.1) is 0 Å². The minimum absolute atomic E-state index is 0.392. The fourth-order valence-electron chi connectivity index (χ4n) is 0.668. The minimum Gasteiger partial charge on any atom is -0.391 e. The molecule has 0 fully saturated rings. The first-order chi connectivity index (χ1) is 5.25. The van der Waals surface area contributed by atoms with E-state index in [0.29, 0.717) is 10.6 Å². The van der Waals surface area contributed by atoms with Gasteiger partial charge < -0.3 is 3.07 Å². The molecule has 0 spiro atoms. The molecular formula is C7H4ClIO2. The van der Waals surface area contributed by atoms with E-state index in [-0.39, 0.29) is 0 Å². The fourth-order valence-corrected chi connectivity index (χ4v) is 1.12. The number of hydrogen-bond acceptors (Lipinski definition) is 2. The van der Waals surface area contributed by atoms with Gasteiger partial charge in [-0.1, -0.05) is 23.7 Å². The van der Waals surface area contributed by atoms with Crippen LogP contribution in [0.4, 0.5) is 0 Å². The lowest BCUT2D eigenvalue weighted by Crippen LogP contribution is -1.97. The first-order valence-electron chi connectivity index (χ1n) is 2.83. The first-order valence-corrected chi connectivity index (χ1v) is 4.09. The molecule has 0 aliphatic carbocycles. The van der Waals surface area contributed by atoms with Gasteiger partial charge in [-0.3, -0.25) is 0 Å². The summed E-state index contributed by atoms with van der Waals surface area (Å²) in [6.45, 7) is 0. The Kier molecular flexibility index (Phi) is 3.14. The molecule has 11 heavy (non-hydrogen) atoms. The summed E-state index contributed by atoms with van der Waals surface area (Å²) in [5.74, 6) is -0.420. The molecule has 4 heteroatoms. The second kappa shape index (κ2) is 3.92. The minimum atomic E-state index is -0.420. The van der Waals surface area contributed by atoms with Crippen molar-refractivity contribution < 1.29 is 7.86 Å². The summed E-state index contributed by atoms with van der Waals surface area (Å²) in [6, 6.07) is 6.74. The van der Waals surface area contributed by atoms with Crippen molar-refractivity contribution in [3.05, 3.63) is 34.9 Å². The molecular weight excluding hydrogens is 278 g/mol. The maximum Gasteiger partial charge on any atom is 0.349 e. The monoisotopic (exact) mass is 282 g/mol. The largest absolute Gasteiger partial charge is 0.391 e. The summed E-state index contributed by atoms with van der Waals surface area (Å²) in [6.07, 6.45) is 0. The van der Waals surface area contributed by atoms with Gasteiger partial charge in [-0.2, -0.15) is 0 Å². The molecule has 1 aromatic rings. The summed E-state index contributed by atoms with van der Waals surface area (Å²) in [5.41, 5.74) is 0.392. The van der Waals surface area contributed by atoms with Crippen LogP contribution in [0.2, 0.25) is 5.02 Å². The van der Waals surface area contributed by atoms with Crippen LogP contribution in [0, 0.1) is 0 Å². The van der Waals surface area contributed by atoms with Crippen LogP contribution in [0.1, 0.15) is 10.4 Å². The van der Waals surface area contributed by atoms with Gasteiger partial charge in [0, 0.05) is 0 Å². The van der Waals surface area contributed by atoms with Crippen molar-refractivity contribution >= 4 is 40.6 Å². The van der Waals surface area contributed by atoms with E-state index in [0.717, 1.165) is 0 Å². The Labute approximate surface area is 83.2 Å². The van der Waals surface area contributed by atoms with Gasteiger partial charge in [0.1, 0.15) is 0 Å². The summed E-state index contributed by atoms with van der Waals surface area (Å²) in [7, 11) is 0. The van der Waals surface area contributed by atoms with Crippen LogP contribution in [-0.4, -0.2) is 5.97 Å². The highest BCUT2D eigenvalue weighted by Crippen LogP contribution is 2.16. The van der Waals surface area contributed by atoms with Gasteiger partial charge in [0.25, 0.3) is 0 Å². The summed E-state index contributed by atoms with van der Waals surface area (Å²) in [4.78, 5) is 10.9. The predicted molar refractivity (Wildman–Crippen MR) is 50.9 cm³/mol. The molecule has 0 bridgehead atoms. The van der Waals surface area contributed by atoms with E-state index in [1.165, 1.54) is 23.0 Å². The van der Waals surface area contributed by atoms with Crippen LogP contribution in [0.15, 0.2) is 24.3 Å². The van der Waals surface area contributed by atoms with Crippen molar-refractivity contribution in [1.82, 2.24) is 0 Å². The van der Waals surface area contributed by atoms with Gasteiger partial charge in [0.15, 0.2) is 23.0 Å². The van der Waals surface area contributed by atoms with Crippen LogP contribution >= 0.6 is 34.6 Å². The third-order valence-corrected chi connectivity index (χ3v) is 1.89. The van der Waals surface area contributed by atoms with Crippen molar-refractivity contribution in [2.75, 3.05) is 0 Å². The second-order valence-corrected chi connectivity index (χ2v) is 2.69. The maximum absolute atomic E-state index is 10.9. The number of halogens is 2. The Morgan fingerprint density at radius 3 is 2.64 bits per heavy atom. The predicted octanol–water partition coefficient (Wildman–Crippen LogP) is 2.85. The van der Waals surface area contributed by atoms with Crippen LogP contribution in [0.3, 0.4) is 0 Å². The van der Waals surface area contributed by atoms with Crippen LogP contribution in [0.25, 0.3) is 0 Å². The Morgan fingerprint density at radius 1 is 1.45 bits per heavy atom. The average Bonchev–Trinajstić information content (AvgIpc) is 2.04. The van der Waals surface area contributed by atoms with Gasteiger partial charge in [0.05, 0.1) is 10.6 Å². The van der Waals surface area contributed by atoms with Gasteiger partial charge in [0.2, 0.25) is 0 Å². The van der Waals surface area contributed by atoms with Gasteiger partial charge in [-0.05, 0) is 12.1 Å². The fraction of sp³-hybridized carbons (Fsp3) is 0. The first kappa shape index (κ1) is 8.80. The highest BCUT2D eigenvalue weighted by atomic mass is 127. The standard InChI is InChI=1S/C7H4ClIO2/c8-6-4-2-1-3-5(6)7(10)11-9/h1-4H. The molecule has 0 radical (unpaired) electrons. The SMILES string of the molecule is O=C(OI)c1ccccc1Cl. The molecule has 0 atom stereocenters. The molecule has 0 saturated carbocycles. The molecule has 0 amide bonds. The second-order valence-electron chi connectivity index (χ2n) is 1.84. The summed E-state index contributed by atoms with van der Waals surface area (Å²) >= 11 is 7.22. The third-order valence-electron chi connectivity index (χ3n) is 1.16. The molecule has 0 aliphatic heterocycles. The van der Waals surface area contributed by atoms with E-state index < -0.39 is 5.97 Å². The quantitative estimate of drug-likeness (QED) is 0.740. The van der Waals surface area contributed by atoms with E-state index in [1.807, 2.05) is 0 Å². The average molecular weight is 282 g/mol. The van der Waals surface area contributed by atoms with Crippen molar-refractivity contribution in [2.45, 2.75) is 0 Å². The van der Waals surface area contributed by atoms with Crippen molar-refractivity contribution in [2.24, 2.45) is 0 Å². The molecule has 58 valence electrons. The molecule has 0 N–H and O–H groups in total. The normalized spacial score (nSPS) is 9.27. The number of hydrogen-bond donors (Lipinski definition) is 0. The highest BCUT2D eigenvalue weighted by molar-refractivity contribution is 14.1. The topological polar surface area (TPSA) is 26.3 Å². The Bertz CT molecular complexity index is 275. The number of carbonyl (C=O) groups is 1. The van der Waals surface area contributed by atoms with Crippen molar-refractivity contribution in [3.8, 4) is 0 Å². The zero-order chi connectivity index (χ0) is 8.27. The number of carbonyl (C=O) groups excluding carboxylic acids is 1. The van der Waals surface area contributed by atoms with Gasteiger partial charge in [-0.25, -0.2) is 4.79 Å². The van der Waals surface area contributed by atoms with E-state index in [2.05, 4.69) is 3.07 Å². The maximum atomic E-state index is 10.9. The molecule has 1 rings (SSSR count). The molecule has 0 saturated heterocycles. The highest BCUT2D eigenvalue weighted by Gasteiger charge is 2.08. The molecule has 0 heterocycles. The van der Waals surface area contributed by atoms with Crippen LogP contribution in [0.5, 0.6) is 0 Å². The molecule has 0 aromatic heterocycles. The molecule has 0 unspecified atom stereocenters. The smallest absolute Gasteiger partial charge is 0.349 e. The Hall–Kier alpha value is -0.290. The Balaban J connectivity index is 3.03. The van der Waals surface area contributed by atoms with Gasteiger partial charge >= 0.3 is 5.97 Å². The molecule has 2 nitrogen and oxygen atoms in total. The van der Waals surface area contributed by atoms with Crippen LogP contribution < -0.4 is 0 Å². The summed E-state index contributed by atoms with van der Waals surface area (Å²) in [5, 5.41) is 0.411. The third kappa shape index (κ3) is 2.07. The Morgan fingerprint density at radius 2 is 2.09 bits per heavy atom. The summed E-state index contributed by atoms with van der Waals surface area (Å²) < 4.78 is 4.46. The van der Waals surface area contributed by atoms with Crippen molar-refractivity contribution in [1.29, 1.82) is 0 Å². The van der Waals surface area contributed by atoms with E-state index in [9.17, 15) is 4.79 Å².